The van der Waals surface area contributed by atoms with Gasteiger partial charge in [-0.25, -0.2) is 9.55 Å². The molecule has 0 saturated carbocycles. The summed E-state index contributed by atoms with van der Waals surface area (Å²) in [5.41, 5.74) is 2.69. The molecule has 1 aromatic carbocycles. The molecule has 1 atom stereocenters. The third-order valence-electron chi connectivity index (χ3n) is 5.79. The molecule has 34 heavy (non-hydrogen) atoms. The van der Waals surface area contributed by atoms with E-state index in [4.69, 9.17) is 30.1 Å². The van der Waals surface area contributed by atoms with Crippen molar-refractivity contribution < 1.29 is 27.9 Å². The molecule has 2 aliphatic rings. The minimum atomic E-state index is -1.54. The van der Waals surface area contributed by atoms with E-state index in [9.17, 15) is 4.21 Å². The van der Waals surface area contributed by atoms with Crippen LogP contribution in [0, 0.1) is 25.3 Å². The second kappa shape index (κ2) is 8.91. The molecule has 178 valence electrons. The van der Waals surface area contributed by atoms with Crippen LogP contribution in [0.3, 0.4) is 0 Å². The normalized spacial score (nSPS) is 18.1. The van der Waals surface area contributed by atoms with Crippen molar-refractivity contribution >= 4 is 21.8 Å². The molecule has 0 amide bonds. The Kier molecular flexibility index (Phi) is 5.93. The number of hydrogen-bond donors (Lipinski definition) is 0. The number of rotatable bonds is 6. The number of hydrogen-bond acceptors (Lipinski definition) is 8. The van der Waals surface area contributed by atoms with Gasteiger partial charge in [0, 0.05) is 35.9 Å². The molecule has 2 aliphatic heterocycles. The highest BCUT2D eigenvalue weighted by Crippen LogP contribution is 2.36. The Hall–Kier alpha value is -3.13. The zero-order valence-corrected chi connectivity index (χ0v) is 20.0. The number of imidazole rings is 1. The molecule has 4 heterocycles. The number of fused-ring (bicyclic) bond motifs is 2. The van der Waals surface area contributed by atoms with Crippen molar-refractivity contribution in [2.24, 2.45) is 5.92 Å². The van der Waals surface area contributed by atoms with Crippen molar-refractivity contribution in [3.8, 4) is 29.7 Å². The van der Waals surface area contributed by atoms with E-state index in [2.05, 4.69) is 16.0 Å². The van der Waals surface area contributed by atoms with Gasteiger partial charge in [0.05, 0.1) is 53.1 Å². The molecule has 2 aromatic heterocycles. The van der Waals surface area contributed by atoms with E-state index in [0.717, 1.165) is 5.56 Å². The predicted octanol–water partition coefficient (Wildman–Crippen LogP) is 2.99. The van der Waals surface area contributed by atoms with Crippen LogP contribution in [0.25, 0.3) is 11.0 Å². The summed E-state index contributed by atoms with van der Waals surface area (Å²) in [5, 5.41) is 0.271. The summed E-state index contributed by atoms with van der Waals surface area (Å²) in [7, 11) is -1.54. The highest BCUT2D eigenvalue weighted by Gasteiger charge is 2.29. The molecule has 1 fully saturated rings. The Morgan fingerprint density at radius 1 is 1.26 bits per heavy atom. The molecular formula is C24H25N3O6S. The Balaban J connectivity index is 1.32. The lowest BCUT2D eigenvalue weighted by molar-refractivity contribution is -0.264. The highest BCUT2D eigenvalue weighted by molar-refractivity contribution is 7.84. The van der Waals surface area contributed by atoms with Gasteiger partial charge < -0.3 is 23.7 Å². The number of nitrogens with zero attached hydrogens (tertiary/aromatic N) is 3. The van der Waals surface area contributed by atoms with Crippen LogP contribution in [0.15, 0.2) is 29.6 Å². The summed E-state index contributed by atoms with van der Waals surface area (Å²) < 4.78 is 43.1. The van der Waals surface area contributed by atoms with Crippen molar-refractivity contribution in [2.75, 3.05) is 26.6 Å². The van der Waals surface area contributed by atoms with Gasteiger partial charge in [-0.3, -0.25) is 9.19 Å². The molecule has 0 spiro atoms. The first-order valence-corrected chi connectivity index (χ1v) is 12.2. The van der Waals surface area contributed by atoms with Gasteiger partial charge in [-0.2, -0.15) is 0 Å². The fourth-order valence-electron chi connectivity index (χ4n) is 3.80. The van der Waals surface area contributed by atoms with E-state index in [1.165, 1.54) is 4.57 Å². The van der Waals surface area contributed by atoms with Crippen LogP contribution in [0.4, 0.5) is 0 Å². The number of terminal acetylenes is 1. The van der Waals surface area contributed by atoms with Crippen molar-refractivity contribution in [1.29, 1.82) is 0 Å². The van der Waals surface area contributed by atoms with Gasteiger partial charge in [0.15, 0.2) is 17.3 Å². The summed E-state index contributed by atoms with van der Waals surface area (Å²) in [6, 6.07) is 7.85. The molecule has 9 nitrogen and oxygen atoms in total. The second-order valence-corrected chi connectivity index (χ2v) is 9.97. The SMILES string of the molecule is C#Cn1c(S(=O)Cc2nccc(OCC3COC(C)(C)OC3)c2C)nc2cc3c(cc21)OCO3. The molecular weight excluding hydrogens is 458 g/mol. The maximum Gasteiger partial charge on any atom is 0.231 e. The summed E-state index contributed by atoms with van der Waals surface area (Å²) >= 11 is 0. The Labute approximate surface area is 199 Å². The highest BCUT2D eigenvalue weighted by atomic mass is 32.2. The molecule has 0 N–H and O–H groups in total. The summed E-state index contributed by atoms with van der Waals surface area (Å²) in [6.45, 7) is 7.42. The van der Waals surface area contributed by atoms with E-state index in [0.29, 0.717) is 53.8 Å². The Morgan fingerprint density at radius 2 is 2.00 bits per heavy atom. The smallest absolute Gasteiger partial charge is 0.231 e. The third kappa shape index (κ3) is 4.34. The zero-order valence-electron chi connectivity index (χ0n) is 19.2. The first kappa shape index (κ1) is 22.7. The van der Waals surface area contributed by atoms with Crippen LogP contribution in [0.5, 0.6) is 17.2 Å². The first-order chi connectivity index (χ1) is 16.3. The van der Waals surface area contributed by atoms with Gasteiger partial charge >= 0.3 is 0 Å². The Bertz CT molecular complexity index is 1300. The minimum absolute atomic E-state index is 0.128. The van der Waals surface area contributed by atoms with E-state index in [1.54, 1.807) is 24.4 Å². The molecule has 0 radical (unpaired) electrons. The number of aromatic nitrogens is 3. The van der Waals surface area contributed by atoms with Crippen molar-refractivity contribution in [2.45, 2.75) is 37.5 Å². The number of ether oxygens (including phenoxy) is 5. The van der Waals surface area contributed by atoms with E-state index in [-0.39, 0.29) is 23.6 Å². The Morgan fingerprint density at radius 3 is 2.74 bits per heavy atom. The molecule has 0 bridgehead atoms. The lowest BCUT2D eigenvalue weighted by atomic mass is 10.1. The van der Waals surface area contributed by atoms with Gasteiger partial charge in [-0.1, -0.05) is 6.42 Å². The van der Waals surface area contributed by atoms with E-state index < -0.39 is 16.6 Å². The number of benzene rings is 1. The van der Waals surface area contributed by atoms with Gasteiger partial charge in [0.2, 0.25) is 11.9 Å². The van der Waals surface area contributed by atoms with E-state index in [1.807, 2.05) is 20.8 Å². The lowest BCUT2D eigenvalue weighted by Crippen LogP contribution is -2.41. The molecule has 3 aromatic rings. The van der Waals surface area contributed by atoms with Gasteiger partial charge in [0.25, 0.3) is 0 Å². The summed E-state index contributed by atoms with van der Waals surface area (Å²) in [6.07, 6.45) is 7.38. The largest absolute Gasteiger partial charge is 0.493 e. The lowest BCUT2D eigenvalue weighted by Gasteiger charge is -2.34. The second-order valence-electron chi connectivity index (χ2n) is 8.62. The maximum atomic E-state index is 13.3. The first-order valence-electron chi connectivity index (χ1n) is 10.9. The molecule has 1 unspecified atom stereocenters. The van der Waals surface area contributed by atoms with E-state index >= 15 is 0 Å². The van der Waals surface area contributed by atoms with Crippen molar-refractivity contribution in [3.05, 3.63) is 35.7 Å². The molecule has 5 rings (SSSR count). The standard InChI is InChI=1S/C24H25N3O6S/c1-5-27-19-9-22-21(30-14-31-22)8-17(19)26-23(27)34(28)13-18-15(2)20(6-7-25-18)29-10-16-11-32-24(3,4)33-12-16/h1,6-9,16H,10-14H2,2-4H3. The van der Waals surface area contributed by atoms with Gasteiger partial charge in [0.1, 0.15) is 5.75 Å². The third-order valence-corrected chi connectivity index (χ3v) is 7.00. The van der Waals surface area contributed by atoms with Crippen LogP contribution < -0.4 is 14.2 Å². The zero-order chi connectivity index (χ0) is 23.9. The topological polar surface area (TPSA) is 93.9 Å². The fourth-order valence-corrected chi connectivity index (χ4v) is 5.03. The van der Waals surface area contributed by atoms with Crippen LogP contribution in [0.1, 0.15) is 25.1 Å². The molecule has 0 aliphatic carbocycles. The fraction of sp³-hybridized carbons (Fsp3) is 0.417. The summed E-state index contributed by atoms with van der Waals surface area (Å²) in [4.78, 5) is 8.94. The van der Waals surface area contributed by atoms with Crippen molar-refractivity contribution in [3.63, 3.8) is 0 Å². The average molecular weight is 484 g/mol. The average Bonchev–Trinajstić information content (AvgIpc) is 3.42. The molecule has 10 heteroatoms. The van der Waals surface area contributed by atoms with Crippen LogP contribution in [-0.4, -0.2) is 51.1 Å². The minimum Gasteiger partial charge on any atom is -0.493 e. The van der Waals surface area contributed by atoms with Gasteiger partial charge in [-0.05, 0) is 26.8 Å². The quantitative estimate of drug-likeness (QED) is 0.494. The number of pyridine rings is 1. The maximum absolute atomic E-state index is 13.3. The van der Waals surface area contributed by atoms with Crippen LogP contribution in [-0.2, 0) is 26.0 Å². The van der Waals surface area contributed by atoms with Crippen LogP contribution in [0.2, 0.25) is 0 Å². The van der Waals surface area contributed by atoms with Gasteiger partial charge in [-0.15, -0.1) is 0 Å². The molecule has 1 saturated heterocycles. The van der Waals surface area contributed by atoms with Crippen molar-refractivity contribution in [1.82, 2.24) is 14.5 Å². The summed E-state index contributed by atoms with van der Waals surface area (Å²) in [5.74, 6) is 1.57. The predicted molar refractivity (Wildman–Crippen MR) is 124 cm³/mol. The van der Waals surface area contributed by atoms with Crippen LogP contribution >= 0.6 is 0 Å². The monoisotopic (exact) mass is 483 g/mol.